The van der Waals surface area contributed by atoms with Crippen molar-refractivity contribution in [1.29, 1.82) is 0 Å². The molecule has 386 valence electrons. The maximum absolute atomic E-state index is 12.9. The van der Waals surface area contributed by atoms with Gasteiger partial charge in [0, 0.05) is 19.3 Å². The smallest absolute Gasteiger partial charge is 0.306 e. The van der Waals surface area contributed by atoms with Crippen molar-refractivity contribution in [3.8, 4) is 0 Å². The number of rotatable bonds is 53. The Labute approximate surface area is 410 Å². The average molecular weight is 928 g/mol. The van der Waals surface area contributed by atoms with Crippen LogP contribution in [0.5, 0.6) is 0 Å². The first-order valence-electron chi connectivity index (χ1n) is 29.0. The Morgan fingerprint density at radius 1 is 0.318 bits per heavy atom. The van der Waals surface area contributed by atoms with Gasteiger partial charge in [-0.05, 0) is 51.4 Å². The summed E-state index contributed by atoms with van der Waals surface area (Å²) in [5.41, 5.74) is 0. The van der Waals surface area contributed by atoms with Gasteiger partial charge in [0.1, 0.15) is 13.2 Å². The molecule has 0 aromatic rings. The van der Waals surface area contributed by atoms with E-state index < -0.39 is 6.10 Å². The summed E-state index contributed by atoms with van der Waals surface area (Å²) in [6.07, 6.45) is 65.6. The molecule has 0 fully saturated rings. The molecule has 0 radical (unpaired) electrons. The zero-order valence-corrected chi connectivity index (χ0v) is 44.2. The average Bonchev–Trinajstić information content (AvgIpc) is 3.31. The highest BCUT2D eigenvalue weighted by molar-refractivity contribution is 5.71. The standard InChI is InChI=1S/C60H110O6/c1-4-7-10-13-16-19-22-25-27-29-30-31-33-35-38-41-44-47-50-53-59(62)65-56-57(55-64-58(61)52-49-46-43-40-37-34-24-21-18-15-12-9-6-3)66-60(63)54-51-48-45-42-39-36-32-28-26-23-20-17-14-11-8-5-2/h7,10,16,19,25,27,57H,4-6,8-9,11-15,17-18,20-24,26,28-56H2,1-3H3/b10-7-,19-16-,27-25-. The third-order valence-corrected chi connectivity index (χ3v) is 12.9. The topological polar surface area (TPSA) is 78.9 Å². The molecule has 0 aromatic heterocycles. The highest BCUT2D eigenvalue weighted by Gasteiger charge is 2.19. The van der Waals surface area contributed by atoms with Gasteiger partial charge in [0.2, 0.25) is 0 Å². The monoisotopic (exact) mass is 927 g/mol. The van der Waals surface area contributed by atoms with Crippen LogP contribution in [0.25, 0.3) is 0 Å². The van der Waals surface area contributed by atoms with Crippen LogP contribution in [-0.2, 0) is 28.6 Å². The van der Waals surface area contributed by atoms with E-state index in [0.29, 0.717) is 19.3 Å². The lowest BCUT2D eigenvalue weighted by molar-refractivity contribution is -0.167. The maximum atomic E-state index is 12.9. The summed E-state index contributed by atoms with van der Waals surface area (Å²) in [6, 6.07) is 0. The molecule has 0 N–H and O–H groups in total. The molecular formula is C60H110O6. The van der Waals surface area contributed by atoms with Crippen molar-refractivity contribution in [2.45, 2.75) is 316 Å². The molecule has 0 aliphatic rings. The minimum Gasteiger partial charge on any atom is -0.462 e. The van der Waals surface area contributed by atoms with E-state index in [1.54, 1.807) is 0 Å². The first-order chi connectivity index (χ1) is 32.5. The molecule has 0 saturated carbocycles. The minimum absolute atomic E-state index is 0.0685. The molecule has 1 atom stereocenters. The molecule has 0 aliphatic carbocycles. The van der Waals surface area contributed by atoms with Gasteiger partial charge in [-0.15, -0.1) is 0 Å². The van der Waals surface area contributed by atoms with Crippen molar-refractivity contribution < 1.29 is 28.6 Å². The van der Waals surface area contributed by atoms with Crippen molar-refractivity contribution in [2.75, 3.05) is 13.2 Å². The van der Waals surface area contributed by atoms with Crippen molar-refractivity contribution in [1.82, 2.24) is 0 Å². The lowest BCUT2D eigenvalue weighted by Gasteiger charge is -2.18. The highest BCUT2D eigenvalue weighted by Crippen LogP contribution is 2.17. The number of ether oxygens (including phenoxy) is 3. The second-order valence-electron chi connectivity index (χ2n) is 19.5. The minimum atomic E-state index is -0.769. The quantitative estimate of drug-likeness (QED) is 0.0262. The number of unbranched alkanes of at least 4 members (excludes halogenated alkanes) is 36. The van der Waals surface area contributed by atoms with Gasteiger partial charge in [-0.3, -0.25) is 14.4 Å². The molecule has 6 nitrogen and oxygen atoms in total. The summed E-state index contributed by atoms with van der Waals surface area (Å²) in [6.45, 7) is 6.57. The lowest BCUT2D eigenvalue weighted by atomic mass is 10.0. The van der Waals surface area contributed by atoms with Gasteiger partial charge in [-0.2, -0.15) is 0 Å². The van der Waals surface area contributed by atoms with E-state index >= 15 is 0 Å². The van der Waals surface area contributed by atoms with Crippen LogP contribution in [0.1, 0.15) is 310 Å². The highest BCUT2D eigenvalue weighted by atomic mass is 16.6. The molecule has 66 heavy (non-hydrogen) atoms. The first kappa shape index (κ1) is 63.6. The fourth-order valence-corrected chi connectivity index (χ4v) is 8.58. The number of carbonyl (C=O) groups is 3. The number of allylic oxidation sites excluding steroid dienone is 6. The molecule has 1 unspecified atom stereocenters. The number of esters is 3. The normalized spacial score (nSPS) is 12.2. The zero-order valence-electron chi connectivity index (χ0n) is 44.2. The summed E-state index contributed by atoms with van der Waals surface area (Å²) in [4.78, 5) is 38.1. The zero-order chi connectivity index (χ0) is 47.9. The molecule has 0 rings (SSSR count). The Morgan fingerprint density at radius 2 is 0.591 bits per heavy atom. The predicted molar refractivity (Wildman–Crippen MR) is 284 cm³/mol. The molecular weight excluding hydrogens is 817 g/mol. The molecule has 6 heteroatoms. The van der Waals surface area contributed by atoms with Crippen LogP contribution in [0.3, 0.4) is 0 Å². The van der Waals surface area contributed by atoms with Gasteiger partial charge >= 0.3 is 17.9 Å². The molecule has 0 saturated heterocycles. The van der Waals surface area contributed by atoms with Gasteiger partial charge in [0.25, 0.3) is 0 Å². The van der Waals surface area contributed by atoms with Gasteiger partial charge in [-0.25, -0.2) is 0 Å². The SMILES string of the molecule is CC/C=C\C/C=C\C/C=C\CCCCCCCCCCCC(=O)OCC(COC(=O)CCCCCCCCCCCCCCC)OC(=O)CCCCCCCCCCCCCCCCCC. The van der Waals surface area contributed by atoms with Crippen LogP contribution >= 0.6 is 0 Å². The van der Waals surface area contributed by atoms with E-state index in [1.807, 2.05) is 0 Å². The summed E-state index contributed by atoms with van der Waals surface area (Å²) in [7, 11) is 0. The Kier molecular flexibility index (Phi) is 53.2. The fraction of sp³-hybridized carbons (Fsp3) is 0.850. The number of carbonyl (C=O) groups excluding carboxylic acids is 3. The van der Waals surface area contributed by atoms with Gasteiger partial charge in [0.15, 0.2) is 6.10 Å². The van der Waals surface area contributed by atoms with Crippen molar-refractivity contribution >= 4 is 17.9 Å². The van der Waals surface area contributed by atoms with Crippen molar-refractivity contribution in [3.63, 3.8) is 0 Å². The Morgan fingerprint density at radius 3 is 0.924 bits per heavy atom. The molecule has 0 bridgehead atoms. The molecule has 0 amide bonds. The van der Waals surface area contributed by atoms with Gasteiger partial charge in [0.05, 0.1) is 0 Å². The fourth-order valence-electron chi connectivity index (χ4n) is 8.58. The van der Waals surface area contributed by atoms with Crippen LogP contribution in [0.2, 0.25) is 0 Å². The van der Waals surface area contributed by atoms with Crippen LogP contribution in [0.4, 0.5) is 0 Å². The summed E-state index contributed by atoms with van der Waals surface area (Å²) in [5, 5.41) is 0. The van der Waals surface area contributed by atoms with Crippen molar-refractivity contribution in [2.24, 2.45) is 0 Å². The molecule has 0 aromatic carbocycles. The predicted octanol–water partition coefficient (Wildman–Crippen LogP) is 19.3. The van der Waals surface area contributed by atoms with E-state index in [9.17, 15) is 14.4 Å². The van der Waals surface area contributed by atoms with E-state index in [-0.39, 0.29) is 31.1 Å². The third kappa shape index (κ3) is 52.6. The van der Waals surface area contributed by atoms with Crippen LogP contribution in [0.15, 0.2) is 36.5 Å². The van der Waals surface area contributed by atoms with E-state index in [2.05, 4.69) is 57.2 Å². The van der Waals surface area contributed by atoms with E-state index in [0.717, 1.165) is 77.0 Å². The molecule has 0 spiro atoms. The van der Waals surface area contributed by atoms with E-state index in [4.69, 9.17) is 14.2 Å². The summed E-state index contributed by atoms with van der Waals surface area (Å²) >= 11 is 0. The van der Waals surface area contributed by atoms with Crippen molar-refractivity contribution in [3.05, 3.63) is 36.5 Å². The number of hydrogen-bond donors (Lipinski definition) is 0. The Balaban J connectivity index is 4.32. The molecule has 0 heterocycles. The second-order valence-corrected chi connectivity index (χ2v) is 19.5. The second kappa shape index (κ2) is 55.2. The Bertz CT molecular complexity index is 1110. The summed E-state index contributed by atoms with van der Waals surface area (Å²) in [5.74, 6) is -0.854. The van der Waals surface area contributed by atoms with Crippen LogP contribution in [0, 0.1) is 0 Å². The van der Waals surface area contributed by atoms with Gasteiger partial charge in [-0.1, -0.05) is 276 Å². The third-order valence-electron chi connectivity index (χ3n) is 12.9. The number of hydrogen-bond acceptors (Lipinski definition) is 6. The van der Waals surface area contributed by atoms with Crippen LogP contribution < -0.4 is 0 Å². The molecule has 0 aliphatic heterocycles. The largest absolute Gasteiger partial charge is 0.462 e. The Hall–Kier alpha value is -2.37. The van der Waals surface area contributed by atoms with E-state index in [1.165, 1.54) is 193 Å². The first-order valence-corrected chi connectivity index (χ1v) is 29.0. The maximum Gasteiger partial charge on any atom is 0.306 e. The van der Waals surface area contributed by atoms with Gasteiger partial charge < -0.3 is 14.2 Å². The lowest BCUT2D eigenvalue weighted by Crippen LogP contribution is -2.30. The van der Waals surface area contributed by atoms with Crippen LogP contribution in [-0.4, -0.2) is 37.2 Å². The summed E-state index contributed by atoms with van der Waals surface area (Å²) < 4.78 is 16.9.